The van der Waals surface area contributed by atoms with Gasteiger partial charge in [-0.1, -0.05) is 101 Å². The monoisotopic (exact) mass is 1610 g/mol. The minimum Gasteiger partial charge on any atom is -0.481 e. The van der Waals surface area contributed by atoms with Crippen molar-refractivity contribution in [3.05, 3.63) is 0 Å². The van der Waals surface area contributed by atoms with E-state index in [0.29, 0.717) is 149 Å². The number of hydrogen-bond acceptors (Lipinski definition) is 20. The van der Waals surface area contributed by atoms with Crippen molar-refractivity contribution in [3.8, 4) is 0 Å². The molecule has 8 amide bonds. The number of Topliss-reactive ketones (excluding diaryl/α,β-unsaturated/α-hetero) is 2. The summed E-state index contributed by atoms with van der Waals surface area (Å²) in [6.45, 7) is 26.1. The zero-order valence-electron chi connectivity index (χ0n) is 71.1. The average Bonchev–Trinajstić information content (AvgIpc) is 0.818. The summed E-state index contributed by atoms with van der Waals surface area (Å²) in [6.07, 6.45) is 15.2. The lowest BCUT2D eigenvalue weighted by molar-refractivity contribution is -0.236. The summed E-state index contributed by atoms with van der Waals surface area (Å²) < 4.78 is 55.8. The highest BCUT2D eigenvalue weighted by Crippen LogP contribution is 2.36. The number of carbonyl (C=O) groups is 11. The van der Waals surface area contributed by atoms with Crippen LogP contribution in [0.25, 0.3) is 0 Å². The van der Waals surface area contributed by atoms with Crippen LogP contribution in [0.5, 0.6) is 0 Å². The maximum Gasteiger partial charge on any atom is 0.303 e. The van der Waals surface area contributed by atoms with Crippen LogP contribution in [0.15, 0.2) is 0 Å². The molecular formula is C84H150N8O21. The standard InChI is InChI=1S/C84H150N8O21/c1-13-69-58(4)61(7)78(90-64(10)93)81(111-69)108-48-29-25-36-72(98)85-43-28-24-34-67(96)40-51-105-55-84(54-68(97)35-22-20-18-16-17-19-21-23-39-77(103)104,56-106-52-41-75(101)88-46-32-44-86-73(99)37-26-30-49-109-82-79(91-65(11)94)62(8)59(5)70(14-2)112-82)57-107-53-42-76(102)89-47-33-45-87-74(100)38-27-31-50-110-83-80(92-66(12)95)63(9)60(6)71(15-3)113-83/h58-63,69-71,78-83H,13-57H2,1-12H3,(H,85,98)(H,86,99)(H,87,100)(H,88,101)(H,89,102)(H,90,93)(H,91,94)(H,92,95)(H,103,104)/t58-,59-,60-,61-,62-,63-,69?,70?,71?,78?,79?,80?,81+,82+,83+,84?/m0/s1. The molecule has 0 bridgehead atoms. The van der Waals surface area contributed by atoms with Crippen LogP contribution in [-0.4, -0.2) is 217 Å². The van der Waals surface area contributed by atoms with Crippen molar-refractivity contribution in [3.63, 3.8) is 0 Å². The third-order valence-electron chi connectivity index (χ3n) is 22.4. The van der Waals surface area contributed by atoms with Crippen molar-refractivity contribution in [2.75, 3.05) is 92.2 Å². The van der Waals surface area contributed by atoms with Gasteiger partial charge in [-0.15, -0.1) is 0 Å². The van der Waals surface area contributed by atoms with Crippen LogP contribution in [0.4, 0.5) is 0 Å². The van der Waals surface area contributed by atoms with Crippen molar-refractivity contribution in [2.45, 2.75) is 337 Å². The maximum atomic E-state index is 14.1. The number of amides is 8. The Balaban J connectivity index is 1.55. The summed E-state index contributed by atoms with van der Waals surface area (Å²) in [4.78, 5) is 139. The predicted octanol–water partition coefficient (Wildman–Crippen LogP) is 9.53. The number of rotatable bonds is 65. The van der Waals surface area contributed by atoms with E-state index in [4.69, 9.17) is 47.7 Å². The van der Waals surface area contributed by atoms with Crippen molar-refractivity contribution in [2.24, 2.45) is 40.9 Å². The van der Waals surface area contributed by atoms with Gasteiger partial charge in [0.15, 0.2) is 18.9 Å². The third-order valence-corrected chi connectivity index (χ3v) is 22.4. The highest BCUT2D eigenvalue weighted by atomic mass is 16.7. The summed E-state index contributed by atoms with van der Waals surface area (Å²) >= 11 is 0. The molecule has 3 aliphatic heterocycles. The van der Waals surface area contributed by atoms with E-state index in [1.165, 1.54) is 20.8 Å². The van der Waals surface area contributed by atoms with Gasteiger partial charge in [-0.3, -0.25) is 52.7 Å². The number of carboxylic acids is 1. The molecule has 0 radical (unpaired) electrons. The first-order valence-electron chi connectivity index (χ1n) is 43.1. The number of ketones is 2. The van der Waals surface area contributed by atoms with Gasteiger partial charge in [-0.25, -0.2) is 0 Å². The first kappa shape index (κ1) is 101. The van der Waals surface area contributed by atoms with Gasteiger partial charge in [-0.05, 0) is 132 Å². The lowest BCUT2D eigenvalue weighted by atomic mass is 9.81. The first-order chi connectivity index (χ1) is 54.1. The topological polar surface area (TPSA) is 387 Å². The molecule has 3 aliphatic rings. The molecule has 0 aromatic heterocycles. The zero-order valence-corrected chi connectivity index (χ0v) is 71.1. The summed E-state index contributed by atoms with van der Waals surface area (Å²) in [5.41, 5.74) is -1.08. The molecule has 0 aromatic rings. The van der Waals surface area contributed by atoms with Crippen LogP contribution in [0.3, 0.4) is 0 Å². The van der Waals surface area contributed by atoms with E-state index in [1.54, 1.807) is 0 Å². The second-order valence-electron chi connectivity index (χ2n) is 32.0. The van der Waals surface area contributed by atoms with Crippen molar-refractivity contribution in [1.82, 2.24) is 42.5 Å². The van der Waals surface area contributed by atoms with Crippen molar-refractivity contribution < 1.29 is 100 Å². The van der Waals surface area contributed by atoms with E-state index in [1.807, 2.05) is 0 Å². The van der Waals surface area contributed by atoms with Gasteiger partial charge >= 0.3 is 5.97 Å². The van der Waals surface area contributed by atoms with E-state index in [2.05, 4.69) is 105 Å². The number of carboxylic acid groups (broad SMARTS) is 1. The van der Waals surface area contributed by atoms with Crippen molar-refractivity contribution >= 4 is 64.8 Å². The second-order valence-corrected chi connectivity index (χ2v) is 32.0. The SMILES string of the molecule is CCC1O[C@@H](OCCCCC(=O)NCCCCC(=O)CCOCC(COCCC(=O)NCCCNC(=O)CCCCO[C@@H]2OC(CC)[C@@H](C)[C@H](C)C2NC(C)=O)(COCCC(=O)NCCCNC(=O)CCCCO[C@@H]2OC(CC)[C@@H](C)[C@H](C)C2NC(C)=O)CC(=O)CCCCCCCCCCC(=O)O)C(NC(C)=O)[C@@H](C)[C@@H]1C. The van der Waals surface area contributed by atoms with Gasteiger partial charge in [0.05, 0.1) is 76.1 Å². The first-order valence-corrected chi connectivity index (χ1v) is 43.1. The summed E-state index contributed by atoms with van der Waals surface area (Å²) in [5, 5.41) is 32.5. The number of nitrogens with one attached hydrogen (secondary N) is 8. The summed E-state index contributed by atoms with van der Waals surface area (Å²) in [5.74, 6) is -0.923. The quantitative estimate of drug-likeness (QED) is 0.0256. The third kappa shape index (κ3) is 43.8. The van der Waals surface area contributed by atoms with Gasteiger partial charge in [0.2, 0.25) is 47.3 Å². The lowest BCUT2D eigenvalue weighted by Crippen LogP contribution is -2.57. The van der Waals surface area contributed by atoms with Crippen LogP contribution in [0.1, 0.15) is 282 Å². The van der Waals surface area contributed by atoms with Gasteiger partial charge in [0.25, 0.3) is 0 Å². The fourth-order valence-electron chi connectivity index (χ4n) is 14.9. The Morgan fingerprint density at radius 3 is 0.929 bits per heavy atom. The normalized spacial score (nSPS) is 24.1. The van der Waals surface area contributed by atoms with Gasteiger partial charge in [-0.2, -0.15) is 0 Å². The smallest absolute Gasteiger partial charge is 0.303 e. The molecule has 0 aromatic carbocycles. The molecule has 15 atom stereocenters. The minimum atomic E-state index is -1.08. The Morgan fingerprint density at radius 2 is 0.602 bits per heavy atom. The lowest BCUT2D eigenvalue weighted by Gasteiger charge is -2.44. The number of unbranched alkanes of at least 4 members (excludes halogenated alkanes) is 11. The van der Waals surface area contributed by atoms with E-state index in [0.717, 1.165) is 57.8 Å². The molecule has 29 heteroatoms. The Hall–Kier alpha value is -5.79. The van der Waals surface area contributed by atoms with E-state index in [-0.39, 0.29) is 215 Å². The molecule has 0 aliphatic carbocycles. The van der Waals surface area contributed by atoms with Crippen LogP contribution < -0.4 is 42.5 Å². The molecule has 3 heterocycles. The minimum absolute atomic E-state index is 0.00198. The molecule has 3 fully saturated rings. The molecule has 113 heavy (non-hydrogen) atoms. The highest BCUT2D eigenvalue weighted by molar-refractivity contribution is 5.80. The molecule has 3 saturated heterocycles. The summed E-state index contributed by atoms with van der Waals surface area (Å²) in [7, 11) is 0. The molecule has 652 valence electrons. The molecule has 0 spiro atoms. The number of aliphatic carboxylic acids is 1. The number of hydrogen-bond donors (Lipinski definition) is 9. The molecular weight excluding hydrogens is 1460 g/mol. The Kier molecular flexibility index (Phi) is 53.7. The fourth-order valence-corrected chi connectivity index (χ4v) is 14.9. The second kappa shape index (κ2) is 59.8. The van der Waals surface area contributed by atoms with Crippen LogP contribution >= 0.6 is 0 Å². The fraction of sp³-hybridized carbons (Fsp3) is 0.869. The van der Waals surface area contributed by atoms with Gasteiger partial charge < -0.3 is 90.3 Å². The largest absolute Gasteiger partial charge is 0.481 e. The van der Waals surface area contributed by atoms with E-state index >= 15 is 0 Å². The Labute approximate surface area is 675 Å². The Morgan fingerprint density at radius 1 is 0.319 bits per heavy atom. The molecule has 6 unspecified atom stereocenters. The predicted molar refractivity (Wildman–Crippen MR) is 429 cm³/mol. The van der Waals surface area contributed by atoms with Gasteiger partial charge in [0.1, 0.15) is 11.6 Å². The zero-order chi connectivity index (χ0) is 83.4. The van der Waals surface area contributed by atoms with Gasteiger partial charge in [0, 0.05) is 143 Å². The molecule has 9 N–H and O–H groups in total. The van der Waals surface area contributed by atoms with Crippen LogP contribution in [-0.2, 0) is 95.4 Å². The van der Waals surface area contributed by atoms with E-state index in [9.17, 15) is 52.7 Å². The van der Waals surface area contributed by atoms with Crippen LogP contribution in [0, 0.1) is 40.9 Å². The number of carbonyl (C=O) groups excluding carboxylic acids is 10. The van der Waals surface area contributed by atoms with E-state index < -0.39 is 30.3 Å². The molecule has 29 nitrogen and oxygen atoms in total. The number of ether oxygens (including phenoxy) is 9. The Bertz CT molecular complexity index is 2510. The summed E-state index contributed by atoms with van der Waals surface area (Å²) in [6, 6.07) is -0.810. The van der Waals surface area contributed by atoms with Crippen LogP contribution in [0.2, 0.25) is 0 Å². The average molecular weight is 1610 g/mol. The van der Waals surface area contributed by atoms with Crippen molar-refractivity contribution in [1.29, 1.82) is 0 Å². The maximum absolute atomic E-state index is 14.1. The highest BCUT2D eigenvalue weighted by Gasteiger charge is 2.45. The molecule has 0 saturated carbocycles. The molecule has 3 rings (SSSR count).